The molecule has 2 amide bonds. The highest BCUT2D eigenvalue weighted by Gasteiger charge is 2.55. The molecule has 118 valence electrons. The number of fused-ring (bicyclic) bond motifs is 1. The quantitative estimate of drug-likeness (QED) is 0.473. The number of anilines is 1. The number of benzene rings is 1. The maximum Gasteiger partial charge on any atom is 0.355 e. The van der Waals surface area contributed by atoms with Gasteiger partial charge in [-0.2, -0.15) is 5.10 Å². The SMILES string of the molecule is COC(=O)C1=NN[C@@H]2C(=O)N(c3cccc(C(C)=O)c3)C(=O)[C@@H]12. The molecule has 8 nitrogen and oxygen atoms in total. The molecule has 2 aliphatic rings. The van der Waals surface area contributed by atoms with Crippen molar-refractivity contribution >= 4 is 35.0 Å². The third-order valence-electron chi connectivity index (χ3n) is 3.83. The number of hydrogen-bond donors (Lipinski definition) is 1. The number of Topliss-reactive ketones (excluding diaryl/α,β-unsaturated/α-hetero) is 1. The van der Waals surface area contributed by atoms with E-state index in [4.69, 9.17) is 0 Å². The second kappa shape index (κ2) is 5.31. The van der Waals surface area contributed by atoms with Gasteiger partial charge in [-0.25, -0.2) is 9.69 Å². The van der Waals surface area contributed by atoms with Crippen molar-refractivity contribution in [1.29, 1.82) is 0 Å². The molecule has 1 aromatic rings. The molecule has 0 saturated carbocycles. The number of methoxy groups -OCH3 is 1. The van der Waals surface area contributed by atoms with Gasteiger partial charge in [-0.1, -0.05) is 12.1 Å². The van der Waals surface area contributed by atoms with E-state index < -0.39 is 29.7 Å². The molecular weight excluding hydrogens is 302 g/mol. The lowest BCUT2D eigenvalue weighted by molar-refractivity contribution is -0.133. The fourth-order valence-electron chi connectivity index (χ4n) is 2.68. The molecule has 2 aliphatic heterocycles. The van der Waals surface area contributed by atoms with Gasteiger partial charge in [0.05, 0.1) is 12.8 Å². The lowest BCUT2D eigenvalue weighted by atomic mass is 9.99. The molecule has 1 fully saturated rings. The van der Waals surface area contributed by atoms with E-state index >= 15 is 0 Å². The molecule has 1 aromatic carbocycles. The van der Waals surface area contributed by atoms with E-state index in [9.17, 15) is 19.2 Å². The molecule has 0 aliphatic carbocycles. The van der Waals surface area contributed by atoms with Crippen LogP contribution in [0.2, 0.25) is 0 Å². The summed E-state index contributed by atoms with van der Waals surface area (Å²) in [5, 5.41) is 3.74. The van der Waals surface area contributed by atoms with Gasteiger partial charge in [-0.15, -0.1) is 0 Å². The summed E-state index contributed by atoms with van der Waals surface area (Å²) in [7, 11) is 1.17. The lowest BCUT2D eigenvalue weighted by Crippen LogP contribution is -2.36. The first kappa shape index (κ1) is 14.9. The van der Waals surface area contributed by atoms with Crippen LogP contribution in [0.1, 0.15) is 17.3 Å². The van der Waals surface area contributed by atoms with Gasteiger partial charge < -0.3 is 4.74 Å². The Hall–Kier alpha value is -3.03. The maximum absolute atomic E-state index is 12.6. The smallest absolute Gasteiger partial charge is 0.355 e. The molecule has 0 bridgehead atoms. The zero-order valence-electron chi connectivity index (χ0n) is 12.4. The topological polar surface area (TPSA) is 105 Å². The summed E-state index contributed by atoms with van der Waals surface area (Å²) in [4.78, 5) is 49.2. The Balaban J connectivity index is 1.98. The number of ketones is 1. The minimum atomic E-state index is -1.02. The largest absolute Gasteiger partial charge is 0.464 e. The molecule has 2 atom stereocenters. The van der Waals surface area contributed by atoms with Crippen LogP contribution in [0.15, 0.2) is 29.4 Å². The highest BCUT2D eigenvalue weighted by molar-refractivity contribution is 6.46. The Kier molecular flexibility index (Phi) is 3.44. The van der Waals surface area contributed by atoms with E-state index in [1.807, 2.05) is 0 Å². The van der Waals surface area contributed by atoms with Crippen LogP contribution in [0, 0.1) is 5.92 Å². The Morgan fingerprint density at radius 3 is 2.65 bits per heavy atom. The fourth-order valence-corrected chi connectivity index (χ4v) is 2.68. The molecule has 0 unspecified atom stereocenters. The lowest BCUT2D eigenvalue weighted by Gasteiger charge is -2.16. The summed E-state index contributed by atoms with van der Waals surface area (Å²) in [5.74, 6) is -3.05. The third kappa shape index (κ3) is 2.19. The van der Waals surface area contributed by atoms with E-state index in [0.29, 0.717) is 5.56 Å². The summed E-state index contributed by atoms with van der Waals surface area (Å²) >= 11 is 0. The number of imide groups is 1. The Morgan fingerprint density at radius 1 is 1.26 bits per heavy atom. The van der Waals surface area contributed by atoms with Crippen molar-refractivity contribution in [2.45, 2.75) is 13.0 Å². The molecule has 8 heteroatoms. The van der Waals surface area contributed by atoms with Gasteiger partial charge in [-0.05, 0) is 19.1 Å². The van der Waals surface area contributed by atoms with Crippen LogP contribution in [0.25, 0.3) is 0 Å². The fraction of sp³-hybridized carbons (Fsp3) is 0.267. The number of hydrogen-bond acceptors (Lipinski definition) is 7. The highest BCUT2D eigenvalue weighted by Crippen LogP contribution is 2.31. The van der Waals surface area contributed by atoms with Gasteiger partial charge in [-0.3, -0.25) is 19.8 Å². The highest BCUT2D eigenvalue weighted by atomic mass is 16.5. The summed E-state index contributed by atoms with van der Waals surface area (Å²) in [6, 6.07) is 5.27. The standard InChI is InChI=1S/C15H13N3O5/c1-7(19)8-4-3-5-9(6-8)18-13(20)10-11(14(18)21)16-17-12(10)15(22)23-2/h3-6,10-11,16H,1-2H3/t10-,11+/m1/s1. The van der Waals surface area contributed by atoms with Crippen molar-refractivity contribution in [3.05, 3.63) is 29.8 Å². The molecule has 0 aromatic heterocycles. The first-order valence-corrected chi connectivity index (χ1v) is 6.86. The van der Waals surface area contributed by atoms with Gasteiger partial charge in [0, 0.05) is 5.56 Å². The van der Waals surface area contributed by atoms with Gasteiger partial charge in [0.25, 0.3) is 5.91 Å². The number of ether oxygens (including phenoxy) is 1. The number of carbonyl (C=O) groups is 4. The molecule has 23 heavy (non-hydrogen) atoms. The van der Waals surface area contributed by atoms with Crippen molar-refractivity contribution in [3.63, 3.8) is 0 Å². The number of hydrazone groups is 1. The van der Waals surface area contributed by atoms with Gasteiger partial charge >= 0.3 is 5.97 Å². The van der Waals surface area contributed by atoms with E-state index in [1.165, 1.54) is 20.1 Å². The molecule has 3 rings (SSSR count). The second-order valence-electron chi connectivity index (χ2n) is 5.19. The minimum absolute atomic E-state index is 0.124. The molecule has 0 radical (unpaired) electrons. The summed E-state index contributed by atoms with van der Waals surface area (Å²) in [6.07, 6.45) is 0. The summed E-state index contributed by atoms with van der Waals surface area (Å²) in [6.45, 7) is 1.39. The van der Waals surface area contributed by atoms with Gasteiger partial charge in [0.15, 0.2) is 11.5 Å². The number of carbonyl (C=O) groups excluding carboxylic acids is 4. The van der Waals surface area contributed by atoms with Crippen LogP contribution < -0.4 is 10.3 Å². The Labute approximate surface area is 131 Å². The third-order valence-corrected chi connectivity index (χ3v) is 3.83. The zero-order chi connectivity index (χ0) is 16.7. The number of rotatable bonds is 3. The van der Waals surface area contributed by atoms with Gasteiger partial charge in [0.2, 0.25) is 5.91 Å². The average Bonchev–Trinajstić information content (AvgIpc) is 3.08. The number of amides is 2. The summed E-state index contributed by atoms with van der Waals surface area (Å²) < 4.78 is 4.58. The molecule has 0 spiro atoms. The molecular formula is C15H13N3O5. The molecule has 1 saturated heterocycles. The van der Waals surface area contributed by atoms with E-state index in [-0.39, 0.29) is 17.2 Å². The first-order chi connectivity index (χ1) is 11.0. The second-order valence-corrected chi connectivity index (χ2v) is 5.19. The van der Waals surface area contributed by atoms with Crippen LogP contribution in [0.5, 0.6) is 0 Å². The van der Waals surface area contributed by atoms with Crippen molar-refractivity contribution in [2.24, 2.45) is 11.0 Å². The number of nitrogens with zero attached hydrogens (tertiary/aromatic N) is 2. The van der Waals surface area contributed by atoms with Gasteiger partial charge in [0.1, 0.15) is 12.0 Å². The van der Waals surface area contributed by atoms with Crippen molar-refractivity contribution in [1.82, 2.24) is 5.43 Å². The Bertz CT molecular complexity index is 770. The predicted octanol–water partition coefficient (Wildman–Crippen LogP) is -0.121. The van der Waals surface area contributed by atoms with Crippen molar-refractivity contribution < 1.29 is 23.9 Å². The molecule has 1 N–H and O–H groups in total. The monoisotopic (exact) mass is 315 g/mol. The number of nitrogens with one attached hydrogen (secondary N) is 1. The van der Waals surface area contributed by atoms with Crippen LogP contribution in [-0.2, 0) is 19.1 Å². The van der Waals surface area contributed by atoms with Crippen LogP contribution in [0.3, 0.4) is 0 Å². The molecule has 2 heterocycles. The maximum atomic E-state index is 12.6. The predicted molar refractivity (Wildman–Crippen MR) is 78.8 cm³/mol. The Morgan fingerprint density at radius 2 is 2.00 bits per heavy atom. The normalized spacial score (nSPS) is 22.5. The van der Waals surface area contributed by atoms with Crippen LogP contribution in [-0.4, -0.2) is 42.4 Å². The van der Waals surface area contributed by atoms with E-state index in [1.54, 1.807) is 18.2 Å². The summed E-state index contributed by atoms with van der Waals surface area (Å²) in [5.41, 5.74) is 3.05. The van der Waals surface area contributed by atoms with Crippen LogP contribution >= 0.6 is 0 Å². The minimum Gasteiger partial charge on any atom is -0.464 e. The van der Waals surface area contributed by atoms with E-state index in [0.717, 1.165) is 4.90 Å². The van der Waals surface area contributed by atoms with Crippen LogP contribution in [0.4, 0.5) is 5.69 Å². The van der Waals surface area contributed by atoms with Crippen molar-refractivity contribution in [2.75, 3.05) is 12.0 Å². The van der Waals surface area contributed by atoms with E-state index in [2.05, 4.69) is 15.3 Å². The van der Waals surface area contributed by atoms with Crippen molar-refractivity contribution in [3.8, 4) is 0 Å². The number of esters is 1. The first-order valence-electron chi connectivity index (χ1n) is 6.86. The zero-order valence-corrected chi connectivity index (χ0v) is 12.4. The average molecular weight is 315 g/mol.